The molecule has 0 unspecified atom stereocenters. The molecule has 0 heterocycles. The van der Waals surface area contributed by atoms with E-state index in [1.165, 1.54) is 10.6 Å². The molecule has 0 aliphatic heterocycles. The van der Waals surface area contributed by atoms with Crippen molar-refractivity contribution in [3.05, 3.63) is 72.1 Å². The van der Waals surface area contributed by atoms with Gasteiger partial charge in [0.25, 0.3) is 0 Å². The van der Waals surface area contributed by atoms with Crippen molar-refractivity contribution in [2.75, 3.05) is 0 Å². The predicted molar refractivity (Wildman–Crippen MR) is 95.0 cm³/mol. The van der Waals surface area contributed by atoms with Crippen LogP contribution in [-0.4, -0.2) is 0 Å². The monoisotopic (exact) mass is 394 g/mol. The van der Waals surface area contributed by atoms with Gasteiger partial charge in [0.15, 0.2) is 0 Å². The molecule has 0 bridgehead atoms. The van der Waals surface area contributed by atoms with E-state index in [1.807, 2.05) is 0 Å². The van der Waals surface area contributed by atoms with Gasteiger partial charge in [-0.15, -0.1) is 0 Å². The Morgan fingerprint density at radius 2 is 1.43 bits per heavy atom. The summed E-state index contributed by atoms with van der Waals surface area (Å²) in [5.74, 6) is 0. The fourth-order valence-electron chi connectivity index (χ4n) is 2.89. The van der Waals surface area contributed by atoms with Gasteiger partial charge in [0.1, 0.15) is 0 Å². The average Bonchev–Trinajstić information content (AvgIpc) is 2.57. The zero-order valence-corrected chi connectivity index (χ0v) is 16.9. The van der Waals surface area contributed by atoms with Crippen LogP contribution < -0.4 is 10.6 Å². The summed E-state index contributed by atoms with van der Waals surface area (Å²) < 4.78 is -1.88. The van der Waals surface area contributed by atoms with Crippen molar-refractivity contribution in [1.82, 2.24) is 0 Å². The van der Waals surface area contributed by atoms with Crippen LogP contribution in [-0.2, 0) is 21.5 Å². The van der Waals surface area contributed by atoms with Crippen LogP contribution in [0.4, 0.5) is 0 Å². The molecule has 110 valence electrons. The summed E-state index contributed by atoms with van der Waals surface area (Å²) >= 11 is -1.03. The molecule has 0 nitrogen and oxygen atoms in total. The summed E-state index contributed by atoms with van der Waals surface area (Å²) in [5, 5.41) is 4.59. The van der Waals surface area contributed by atoms with Crippen molar-refractivity contribution in [2.24, 2.45) is 0 Å². The Labute approximate surface area is 143 Å². The Kier molecular flexibility index (Phi) is 6.88. The summed E-state index contributed by atoms with van der Waals surface area (Å²) in [6.45, 7) is 4.51. The second-order valence-corrected chi connectivity index (χ2v) is 18.8. The quantitative estimate of drug-likeness (QED) is 0.586. The van der Waals surface area contributed by atoms with Crippen LogP contribution in [0.15, 0.2) is 72.1 Å². The molecule has 2 rings (SSSR count). The molecule has 2 aromatic rings. The molecule has 0 aliphatic rings. The van der Waals surface area contributed by atoms with E-state index >= 15 is 0 Å². The predicted octanol–water partition coefficient (Wildman–Crippen LogP) is 5.24. The third-order valence-corrected chi connectivity index (χ3v) is 21.8. The second kappa shape index (κ2) is 8.42. The first-order valence-electron chi connectivity index (χ1n) is 7.48. The van der Waals surface area contributed by atoms with Gasteiger partial charge < -0.3 is 0 Å². The molecule has 3 heteroatoms. The Morgan fingerprint density at radius 3 is 1.76 bits per heavy atom. The SMILES string of the molecule is CCC=C(CC)[PH]([Zr][Cl])(c1ccccc1)c1ccccc1. The van der Waals surface area contributed by atoms with Crippen molar-refractivity contribution < 1.29 is 21.5 Å². The van der Waals surface area contributed by atoms with Gasteiger partial charge in [-0.2, -0.15) is 0 Å². The average molecular weight is 396 g/mol. The number of hydrogen-bond donors (Lipinski definition) is 0. The molecule has 2 aromatic carbocycles. The van der Waals surface area contributed by atoms with Crippen LogP contribution in [0.5, 0.6) is 0 Å². The first-order valence-corrected chi connectivity index (χ1v) is 16.3. The van der Waals surface area contributed by atoms with Gasteiger partial charge in [0.2, 0.25) is 0 Å². The first kappa shape index (κ1) is 17.1. The van der Waals surface area contributed by atoms with Crippen LogP contribution >= 0.6 is 13.1 Å². The molecule has 0 saturated heterocycles. The second-order valence-electron chi connectivity index (χ2n) is 5.07. The standard InChI is InChI=1S/C18H21P.ClH.Zr/c1-3-11-16(4-2)19(17-12-7-5-8-13-17)18-14-9-6-10-15-18;;/h5-15H,3-4H2,1-2H3;1H;. The molecular formula is C18H22ClPZr. The topological polar surface area (TPSA) is 0 Å². The summed E-state index contributed by atoms with van der Waals surface area (Å²) in [6, 6.07) is 22.0. The van der Waals surface area contributed by atoms with E-state index in [2.05, 4.69) is 80.6 Å². The van der Waals surface area contributed by atoms with Gasteiger partial charge in [-0.25, -0.2) is 0 Å². The fraction of sp³-hybridized carbons (Fsp3) is 0.222. The summed E-state index contributed by atoms with van der Waals surface area (Å²) in [4.78, 5) is 0. The summed E-state index contributed by atoms with van der Waals surface area (Å²) in [7, 11) is 6.79. The molecule has 0 fully saturated rings. The van der Waals surface area contributed by atoms with E-state index in [0.29, 0.717) is 0 Å². The molecule has 0 spiro atoms. The van der Waals surface area contributed by atoms with Crippen molar-refractivity contribution in [3.63, 3.8) is 0 Å². The van der Waals surface area contributed by atoms with E-state index in [4.69, 9.17) is 8.51 Å². The Hall–Kier alpha value is -0.217. The van der Waals surface area contributed by atoms with Gasteiger partial charge in [-0.05, 0) is 0 Å². The van der Waals surface area contributed by atoms with Crippen LogP contribution in [0.25, 0.3) is 0 Å². The van der Waals surface area contributed by atoms with Crippen molar-refractivity contribution in [1.29, 1.82) is 0 Å². The molecule has 0 radical (unpaired) electrons. The minimum atomic E-state index is -1.88. The van der Waals surface area contributed by atoms with Gasteiger partial charge in [0.05, 0.1) is 0 Å². The number of benzene rings is 2. The summed E-state index contributed by atoms with van der Waals surface area (Å²) in [5.41, 5.74) is 0. The number of hydrogen-bond acceptors (Lipinski definition) is 0. The van der Waals surface area contributed by atoms with E-state index in [9.17, 15) is 0 Å². The van der Waals surface area contributed by atoms with Gasteiger partial charge in [-0.3, -0.25) is 0 Å². The molecule has 0 N–H and O–H groups in total. The molecule has 0 saturated carbocycles. The van der Waals surface area contributed by atoms with Gasteiger partial charge >= 0.3 is 144 Å². The zero-order valence-electron chi connectivity index (χ0n) is 12.6. The number of halogens is 1. The van der Waals surface area contributed by atoms with Crippen molar-refractivity contribution in [2.45, 2.75) is 26.7 Å². The van der Waals surface area contributed by atoms with Gasteiger partial charge in [0, 0.05) is 0 Å². The van der Waals surface area contributed by atoms with E-state index in [1.54, 1.807) is 5.31 Å². The van der Waals surface area contributed by atoms with Crippen molar-refractivity contribution >= 4 is 23.7 Å². The summed E-state index contributed by atoms with van der Waals surface area (Å²) in [6.07, 6.45) is 4.64. The maximum absolute atomic E-state index is 6.79. The van der Waals surface area contributed by atoms with Crippen LogP contribution in [0.1, 0.15) is 26.7 Å². The Balaban J connectivity index is 2.71. The number of allylic oxidation sites excluding steroid dienone is 2. The molecule has 0 atom stereocenters. The minimum absolute atomic E-state index is 1.03. The van der Waals surface area contributed by atoms with Crippen LogP contribution in [0.2, 0.25) is 0 Å². The molecule has 21 heavy (non-hydrogen) atoms. The van der Waals surface area contributed by atoms with E-state index < -0.39 is 26.0 Å². The van der Waals surface area contributed by atoms with E-state index in [0.717, 1.165) is 12.8 Å². The van der Waals surface area contributed by atoms with Crippen LogP contribution in [0, 0.1) is 0 Å². The third-order valence-electron chi connectivity index (χ3n) is 3.87. The van der Waals surface area contributed by atoms with E-state index in [-0.39, 0.29) is 0 Å². The molecule has 0 amide bonds. The fourth-order valence-corrected chi connectivity index (χ4v) is 19.8. The normalized spacial score (nSPS) is 13.0. The maximum atomic E-state index is 6.79. The van der Waals surface area contributed by atoms with Crippen molar-refractivity contribution in [3.8, 4) is 0 Å². The first-order chi connectivity index (χ1) is 10.3. The Bertz CT molecular complexity index is 541. The zero-order chi connectivity index (χ0) is 15.1. The molecule has 0 aromatic heterocycles. The van der Waals surface area contributed by atoms with Crippen LogP contribution in [0.3, 0.4) is 0 Å². The third kappa shape index (κ3) is 3.58. The van der Waals surface area contributed by atoms with Gasteiger partial charge in [-0.1, -0.05) is 0 Å². The molecular weight excluding hydrogens is 374 g/mol. The Morgan fingerprint density at radius 1 is 0.952 bits per heavy atom. The molecule has 0 aliphatic carbocycles. The number of rotatable bonds is 6.